The first-order valence-corrected chi connectivity index (χ1v) is 7.80. The maximum Gasteiger partial charge on any atom is 0.208 e. The topological polar surface area (TPSA) is 38.1 Å². The van der Waals surface area contributed by atoms with E-state index in [0.717, 1.165) is 41.6 Å². The minimum absolute atomic E-state index is 0.408. The van der Waals surface area contributed by atoms with E-state index in [2.05, 4.69) is 10.3 Å². The van der Waals surface area contributed by atoms with Crippen LogP contribution < -0.4 is 5.32 Å². The van der Waals surface area contributed by atoms with Crippen molar-refractivity contribution in [2.75, 3.05) is 0 Å². The Labute approximate surface area is 115 Å². The molecule has 0 aliphatic heterocycles. The molecule has 4 fully saturated rings. The highest BCUT2D eigenvalue weighted by Gasteiger charge is 2.50. The van der Waals surface area contributed by atoms with Crippen LogP contribution >= 0.6 is 0 Å². The lowest BCUT2D eigenvalue weighted by atomic mass is 9.53. The Morgan fingerprint density at radius 2 is 1.68 bits per heavy atom. The van der Waals surface area contributed by atoms with E-state index in [1.165, 1.54) is 38.5 Å². The van der Waals surface area contributed by atoms with Crippen LogP contribution in [0, 0.1) is 31.6 Å². The van der Waals surface area contributed by atoms with Crippen molar-refractivity contribution in [1.82, 2.24) is 10.3 Å². The molecule has 0 spiro atoms. The van der Waals surface area contributed by atoms with Gasteiger partial charge in [0.25, 0.3) is 0 Å². The van der Waals surface area contributed by atoms with E-state index < -0.39 is 0 Å². The van der Waals surface area contributed by atoms with Crippen molar-refractivity contribution in [3.05, 3.63) is 17.3 Å². The lowest BCUT2D eigenvalue weighted by Crippen LogP contribution is -2.58. The van der Waals surface area contributed by atoms with Gasteiger partial charge in [0, 0.05) is 5.54 Å². The van der Waals surface area contributed by atoms with Gasteiger partial charge in [-0.15, -0.1) is 0 Å². The molecule has 4 aliphatic carbocycles. The summed E-state index contributed by atoms with van der Waals surface area (Å²) < 4.78 is 5.70. The molecule has 0 unspecified atom stereocenters. The molecule has 104 valence electrons. The van der Waals surface area contributed by atoms with Gasteiger partial charge in [-0.2, -0.15) is 0 Å². The van der Waals surface area contributed by atoms with Gasteiger partial charge in [-0.1, -0.05) is 0 Å². The quantitative estimate of drug-likeness (QED) is 0.905. The first-order valence-electron chi connectivity index (χ1n) is 7.80. The fourth-order valence-electron chi connectivity index (χ4n) is 5.21. The van der Waals surface area contributed by atoms with Gasteiger partial charge in [-0.25, -0.2) is 4.98 Å². The lowest BCUT2D eigenvalue weighted by molar-refractivity contribution is -0.0215. The van der Waals surface area contributed by atoms with E-state index in [9.17, 15) is 0 Å². The summed E-state index contributed by atoms with van der Waals surface area (Å²) in [5, 5.41) is 3.83. The SMILES string of the molecule is Cc1nc(CNC23CC4CC(CC(C4)C2)C3)oc1C. The predicted molar refractivity (Wildman–Crippen MR) is 73.7 cm³/mol. The highest BCUT2D eigenvalue weighted by molar-refractivity contribution is 5.08. The monoisotopic (exact) mass is 260 g/mol. The number of hydrogen-bond acceptors (Lipinski definition) is 3. The molecule has 0 atom stereocenters. The van der Waals surface area contributed by atoms with Gasteiger partial charge in [-0.3, -0.25) is 0 Å². The molecule has 19 heavy (non-hydrogen) atoms. The van der Waals surface area contributed by atoms with Crippen molar-refractivity contribution >= 4 is 0 Å². The van der Waals surface area contributed by atoms with Gasteiger partial charge in [0.2, 0.25) is 5.89 Å². The highest BCUT2D eigenvalue weighted by atomic mass is 16.4. The Kier molecular flexibility index (Phi) is 2.57. The van der Waals surface area contributed by atoms with Gasteiger partial charge in [-0.05, 0) is 70.1 Å². The third kappa shape index (κ3) is 2.03. The number of rotatable bonds is 3. The molecular formula is C16H24N2O. The van der Waals surface area contributed by atoms with Crippen molar-refractivity contribution in [2.24, 2.45) is 17.8 Å². The van der Waals surface area contributed by atoms with E-state index >= 15 is 0 Å². The zero-order valence-electron chi connectivity index (χ0n) is 12.0. The summed E-state index contributed by atoms with van der Waals surface area (Å²) in [7, 11) is 0. The Bertz CT molecular complexity index is 436. The maximum absolute atomic E-state index is 5.70. The zero-order chi connectivity index (χ0) is 13.0. The molecule has 5 rings (SSSR count). The third-order valence-corrected chi connectivity index (χ3v) is 5.73. The zero-order valence-corrected chi connectivity index (χ0v) is 12.0. The second-order valence-corrected chi connectivity index (χ2v) is 7.30. The largest absolute Gasteiger partial charge is 0.444 e. The summed E-state index contributed by atoms with van der Waals surface area (Å²) in [5.41, 5.74) is 1.44. The molecule has 3 heteroatoms. The van der Waals surface area contributed by atoms with E-state index in [0.29, 0.717) is 5.54 Å². The summed E-state index contributed by atoms with van der Waals surface area (Å²) in [4.78, 5) is 4.50. The van der Waals surface area contributed by atoms with Crippen LogP contribution in [-0.2, 0) is 6.54 Å². The standard InChI is InChI=1S/C16H24N2O/c1-10-11(2)19-15(18-10)9-17-16-6-12-3-13(7-16)5-14(4-12)8-16/h12-14,17H,3-9H2,1-2H3. The van der Waals surface area contributed by atoms with E-state index in [1.54, 1.807) is 0 Å². The van der Waals surface area contributed by atoms with Crippen LogP contribution in [0.5, 0.6) is 0 Å². The Hall–Kier alpha value is -0.830. The Morgan fingerprint density at radius 1 is 1.11 bits per heavy atom. The van der Waals surface area contributed by atoms with Crippen LogP contribution in [0.15, 0.2) is 4.42 Å². The van der Waals surface area contributed by atoms with Gasteiger partial charge in [0.1, 0.15) is 5.76 Å². The van der Waals surface area contributed by atoms with Crippen LogP contribution in [0.4, 0.5) is 0 Å². The van der Waals surface area contributed by atoms with Crippen molar-refractivity contribution < 1.29 is 4.42 Å². The fourth-order valence-corrected chi connectivity index (χ4v) is 5.21. The second-order valence-electron chi connectivity index (χ2n) is 7.30. The molecule has 1 aromatic rings. The highest BCUT2D eigenvalue weighted by Crippen LogP contribution is 2.55. The third-order valence-electron chi connectivity index (χ3n) is 5.73. The number of aryl methyl sites for hydroxylation is 2. The van der Waals surface area contributed by atoms with Gasteiger partial charge in [0.15, 0.2) is 0 Å². The molecule has 4 bridgehead atoms. The minimum Gasteiger partial charge on any atom is -0.444 e. The summed E-state index contributed by atoms with van der Waals surface area (Å²) in [6, 6.07) is 0. The molecule has 4 aliphatic rings. The number of oxazole rings is 1. The van der Waals surface area contributed by atoms with Crippen molar-refractivity contribution in [1.29, 1.82) is 0 Å². The van der Waals surface area contributed by atoms with Crippen LogP contribution in [-0.4, -0.2) is 10.5 Å². The summed E-state index contributed by atoms with van der Waals surface area (Å²) in [6.45, 7) is 4.82. The van der Waals surface area contributed by atoms with Crippen LogP contribution in [0.1, 0.15) is 55.9 Å². The van der Waals surface area contributed by atoms with Gasteiger partial charge >= 0.3 is 0 Å². The Balaban J connectivity index is 1.47. The smallest absolute Gasteiger partial charge is 0.208 e. The molecule has 0 aromatic carbocycles. The predicted octanol–water partition coefficient (Wildman–Crippen LogP) is 3.35. The second kappa shape index (κ2) is 4.08. The normalized spacial score (nSPS) is 40.0. The molecule has 4 saturated carbocycles. The first kappa shape index (κ1) is 12.0. The molecule has 3 nitrogen and oxygen atoms in total. The van der Waals surface area contributed by atoms with Crippen molar-refractivity contribution in [3.8, 4) is 0 Å². The van der Waals surface area contributed by atoms with Gasteiger partial charge < -0.3 is 9.73 Å². The number of hydrogen-bond donors (Lipinski definition) is 1. The minimum atomic E-state index is 0.408. The van der Waals surface area contributed by atoms with E-state index in [4.69, 9.17) is 4.42 Å². The lowest BCUT2D eigenvalue weighted by Gasteiger charge is -2.57. The van der Waals surface area contributed by atoms with Crippen LogP contribution in [0.2, 0.25) is 0 Å². The molecule has 0 amide bonds. The molecule has 1 heterocycles. The number of nitrogens with zero attached hydrogens (tertiary/aromatic N) is 1. The molecule has 0 saturated heterocycles. The average Bonchev–Trinajstić information content (AvgIpc) is 2.65. The number of nitrogens with one attached hydrogen (secondary N) is 1. The average molecular weight is 260 g/mol. The summed E-state index contributed by atoms with van der Waals surface area (Å²) in [6.07, 6.45) is 8.65. The molecule has 1 N–H and O–H groups in total. The maximum atomic E-state index is 5.70. The van der Waals surface area contributed by atoms with Gasteiger partial charge in [0.05, 0.1) is 12.2 Å². The summed E-state index contributed by atoms with van der Waals surface area (Å²) in [5.74, 6) is 4.80. The molecule has 1 aromatic heterocycles. The van der Waals surface area contributed by atoms with Crippen molar-refractivity contribution in [3.63, 3.8) is 0 Å². The first-order chi connectivity index (χ1) is 9.12. The van der Waals surface area contributed by atoms with Crippen LogP contribution in [0.3, 0.4) is 0 Å². The molecule has 0 radical (unpaired) electrons. The molecular weight excluding hydrogens is 236 g/mol. The number of aromatic nitrogens is 1. The fraction of sp³-hybridized carbons (Fsp3) is 0.812. The van der Waals surface area contributed by atoms with Crippen molar-refractivity contribution in [2.45, 2.75) is 64.5 Å². The van der Waals surface area contributed by atoms with Crippen LogP contribution in [0.25, 0.3) is 0 Å². The van der Waals surface area contributed by atoms with E-state index in [1.807, 2.05) is 13.8 Å². The van der Waals surface area contributed by atoms with E-state index in [-0.39, 0.29) is 0 Å². The Morgan fingerprint density at radius 3 is 2.16 bits per heavy atom. The summed E-state index contributed by atoms with van der Waals surface area (Å²) >= 11 is 0.